The number of benzene rings is 1. The number of rotatable bonds is 10. The number of nitrogens with zero attached hydrogens (tertiary/aromatic N) is 2. The molecule has 2 atom stereocenters. The van der Waals surface area contributed by atoms with Gasteiger partial charge in [-0.05, 0) is 12.8 Å². The summed E-state index contributed by atoms with van der Waals surface area (Å²) in [6.07, 6.45) is 3.81. The molecule has 0 saturated carbocycles. The van der Waals surface area contributed by atoms with Crippen molar-refractivity contribution in [3.63, 3.8) is 0 Å². The van der Waals surface area contributed by atoms with Gasteiger partial charge in [-0.2, -0.15) is 14.0 Å². The van der Waals surface area contributed by atoms with Crippen LogP contribution in [0.15, 0.2) is 42.5 Å². The molecule has 1 N–H and O–H groups in total. The lowest BCUT2D eigenvalue weighted by Gasteiger charge is -2.22. The molecule has 5 nitrogen and oxygen atoms in total. The molecule has 1 aliphatic heterocycles. The van der Waals surface area contributed by atoms with Crippen molar-refractivity contribution in [3.8, 4) is 6.07 Å². The van der Waals surface area contributed by atoms with Crippen LogP contribution in [0.4, 0.5) is 13.6 Å². The second-order valence-corrected chi connectivity index (χ2v) is 6.48. The van der Waals surface area contributed by atoms with Crippen LogP contribution in [0.5, 0.6) is 0 Å². The number of ether oxygens (including phenoxy) is 1. The smallest absolute Gasteiger partial charge is 0.410 e. The maximum atomic E-state index is 14.3. The Morgan fingerprint density at radius 1 is 1.30 bits per heavy atom. The van der Waals surface area contributed by atoms with Gasteiger partial charge in [-0.1, -0.05) is 55.3 Å². The van der Waals surface area contributed by atoms with E-state index in [2.05, 4.69) is 6.07 Å². The summed E-state index contributed by atoms with van der Waals surface area (Å²) in [6, 6.07) is 8.74. The highest BCUT2D eigenvalue weighted by Crippen LogP contribution is 2.32. The van der Waals surface area contributed by atoms with E-state index in [-0.39, 0.29) is 12.2 Å². The minimum Gasteiger partial charge on any atom is -0.447 e. The number of nitriles is 1. The minimum atomic E-state index is -3.42. The van der Waals surface area contributed by atoms with Gasteiger partial charge < -0.3 is 9.84 Å². The number of alkyl halides is 2. The fourth-order valence-electron chi connectivity index (χ4n) is 2.91. The number of unbranched alkanes of at least 4 members (excludes halogenated alkanes) is 4. The number of halogens is 2. The molecular formula is C20H24F2N2O3. The molecule has 2 rings (SSSR count). The first kappa shape index (κ1) is 20.8. The average molecular weight is 378 g/mol. The number of aliphatic hydroxyl groups excluding tert-OH is 1. The SMILES string of the molecule is N#CCCCCCCN1C(=O)OC[C@@H]1/C=C/[C@H](O)C(F)(F)c1ccccc1. The molecule has 1 amide bonds. The molecule has 1 fully saturated rings. The largest absolute Gasteiger partial charge is 0.447 e. The van der Waals surface area contributed by atoms with Crippen molar-refractivity contribution in [2.45, 2.75) is 50.2 Å². The Morgan fingerprint density at radius 3 is 2.70 bits per heavy atom. The van der Waals surface area contributed by atoms with Crippen molar-refractivity contribution in [2.75, 3.05) is 13.2 Å². The number of cyclic esters (lactones) is 1. The fourth-order valence-corrected chi connectivity index (χ4v) is 2.91. The van der Waals surface area contributed by atoms with Crippen molar-refractivity contribution in [2.24, 2.45) is 0 Å². The Kier molecular flexibility index (Phi) is 7.74. The molecule has 7 heteroatoms. The molecular weight excluding hydrogens is 354 g/mol. The Hall–Kier alpha value is -2.46. The molecule has 0 spiro atoms. The third-order valence-corrected chi connectivity index (χ3v) is 4.50. The number of hydrogen-bond donors (Lipinski definition) is 1. The van der Waals surface area contributed by atoms with Crippen LogP contribution in [-0.2, 0) is 10.7 Å². The van der Waals surface area contributed by atoms with E-state index in [0.717, 1.165) is 31.8 Å². The number of aliphatic hydroxyl groups is 1. The number of hydrogen-bond acceptors (Lipinski definition) is 4. The predicted octanol–water partition coefficient (Wildman–Crippen LogP) is 3.99. The highest BCUT2D eigenvalue weighted by atomic mass is 19.3. The first-order valence-corrected chi connectivity index (χ1v) is 9.07. The first-order valence-electron chi connectivity index (χ1n) is 9.07. The summed E-state index contributed by atoms with van der Waals surface area (Å²) in [7, 11) is 0. The highest BCUT2D eigenvalue weighted by Gasteiger charge is 2.39. The molecule has 146 valence electrons. The van der Waals surface area contributed by atoms with Crippen molar-refractivity contribution in [3.05, 3.63) is 48.0 Å². The molecule has 0 unspecified atom stereocenters. The van der Waals surface area contributed by atoms with Crippen LogP contribution in [0.3, 0.4) is 0 Å². The van der Waals surface area contributed by atoms with E-state index in [1.165, 1.54) is 35.2 Å². The third-order valence-electron chi connectivity index (χ3n) is 4.50. The van der Waals surface area contributed by atoms with E-state index in [1.54, 1.807) is 6.07 Å². The van der Waals surface area contributed by atoms with Gasteiger partial charge in [-0.15, -0.1) is 0 Å². The molecule has 27 heavy (non-hydrogen) atoms. The maximum Gasteiger partial charge on any atom is 0.410 e. The predicted molar refractivity (Wildman–Crippen MR) is 96.0 cm³/mol. The van der Waals surface area contributed by atoms with E-state index < -0.39 is 24.2 Å². The summed E-state index contributed by atoms with van der Waals surface area (Å²) in [5.41, 5.74) is -0.268. The lowest BCUT2D eigenvalue weighted by Crippen LogP contribution is -2.34. The summed E-state index contributed by atoms with van der Waals surface area (Å²) in [5, 5.41) is 18.4. The molecule has 0 aromatic heterocycles. The van der Waals surface area contributed by atoms with Gasteiger partial charge in [-0.3, -0.25) is 4.90 Å². The summed E-state index contributed by atoms with van der Waals surface area (Å²) in [4.78, 5) is 13.3. The topological polar surface area (TPSA) is 73.6 Å². The van der Waals surface area contributed by atoms with E-state index >= 15 is 0 Å². The summed E-state index contributed by atoms with van der Waals surface area (Å²) < 4.78 is 33.6. The quantitative estimate of drug-likeness (QED) is 0.493. The molecule has 1 aromatic rings. The monoisotopic (exact) mass is 378 g/mol. The Balaban J connectivity index is 1.90. The van der Waals surface area contributed by atoms with Crippen molar-refractivity contribution < 1.29 is 23.4 Å². The van der Waals surface area contributed by atoms with Crippen LogP contribution in [0.1, 0.15) is 37.7 Å². The second-order valence-electron chi connectivity index (χ2n) is 6.48. The summed E-state index contributed by atoms with van der Waals surface area (Å²) in [6.45, 7) is 0.527. The lowest BCUT2D eigenvalue weighted by molar-refractivity contribution is -0.0929. The van der Waals surface area contributed by atoms with Gasteiger partial charge in [0.15, 0.2) is 0 Å². The zero-order chi connectivity index (χ0) is 19.7. The Labute approximate surface area is 157 Å². The number of carbonyl (C=O) groups is 1. The van der Waals surface area contributed by atoms with Crippen molar-refractivity contribution in [1.82, 2.24) is 4.90 Å². The minimum absolute atomic E-state index is 0.0768. The summed E-state index contributed by atoms with van der Waals surface area (Å²) in [5.74, 6) is -3.42. The van der Waals surface area contributed by atoms with Gasteiger partial charge >= 0.3 is 12.0 Å². The first-order chi connectivity index (χ1) is 13.0. The van der Waals surface area contributed by atoms with Crippen LogP contribution in [0, 0.1) is 11.3 Å². The second kappa shape index (κ2) is 10.0. The van der Waals surface area contributed by atoms with E-state index in [1.807, 2.05) is 0 Å². The fraction of sp³-hybridized carbons (Fsp3) is 0.500. The standard InChI is InChI=1S/C20H24F2N2O3/c21-20(22,16-9-5-4-6-10-16)18(25)12-11-17-15-27-19(26)24(17)14-8-3-1-2-7-13-23/h4-6,9-12,17-18,25H,1-3,7-8,14-15H2/b12-11+/t17-,18-/m0/s1. The zero-order valence-electron chi connectivity index (χ0n) is 15.1. The number of amides is 1. The van der Waals surface area contributed by atoms with E-state index in [0.29, 0.717) is 13.0 Å². The van der Waals surface area contributed by atoms with E-state index in [9.17, 15) is 18.7 Å². The highest BCUT2D eigenvalue weighted by molar-refractivity contribution is 5.70. The van der Waals surface area contributed by atoms with Crippen LogP contribution >= 0.6 is 0 Å². The van der Waals surface area contributed by atoms with Gasteiger partial charge in [-0.25, -0.2) is 4.79 Å². The molecule has 0 aliphatic carbocycles. The summed E-state index contributed by atoms with van der Waals surface area (Å²) >= 11 is 0. The van der Waals surface area contributed by atoms with E-state index in [4.69, 9.17) is 10.00 Å². The molecule has 1 aliphatic rings. The normalized spacial score (nSPS) is 18.5. The van der Waals surface area contributed by atoms with Gasteiger partial charge in [0.25, 0.3) is 0 Å². The maximum absolute atomic E-state index is 14.3. The molecule has 1 aromatic carbocycles. The lowest BCUT2D eigenvalue weighted by atomic mass is 10.0. The van der Waals surface area contributed by atoms with Crippen LogP contribution in [-0.4, -0.2) is 41.4 Å². The number of carbonyl (C=O) groups excluding carboxylic acids is 1. The van der Waals surface area contributed by atoms with Gasteiger partial charge in [0.1, 0.15) is 12.7 Å². The molecule has 0 radical (unpaired) electrons. The average Bonchev–Trinajstić information content (AvgIpc) is 3.03. The Morgan fingerprint density at radius 2 is 2.00 bits per heavy atom. The van der Waals surface area contributed by atoms with Gasteiger partial charge in [0.2, 0.25) is 0 Å². The Bertz CT molecular complexity index is 674. The van der Waals surface area contributed by atoms with Crippen LogP contribution in [0.25, 0.3) is 0 Å². The van der Waals surface area contributed by atoms with Crippen LogP contribution < -0.4 is 0 Å². The van der Waals surface area contributed by atoms with Crippen LogP contribution in [0.2, 0.25) is 0 Å². The third kappa shape index (κ3) is 5.76. The van der Waals surface area contributed by atoms with Crippen molar-refractivity contribution >= 4 is 6.09 Å². The molecule has 1 saturated heterocycles. The molecule has 0 bridgehead atoms. The van der Waals surface area contributed by atoms with Gasteiger partial charge in [0.05, 0.1) is 12.1 Å². The van der Waals surface area contributed by atoms with Gasteiger partial charge in [0, 0.05) is 18.5 Å². The van der Waals surface area contributed by atoms with Crippen molar-refractivity contribution in [1.29, 1.82) is 5.26 Å². The zero-order valence-corrected chi connectivity index (χ0v) is 15.1. The molecule has 1 heterocycles.